The fourth-order valence-corrected chi connectivity index (χ4v) is 3.93. The summed E-state index contributed by atoms with van der Waals surface area (Å²) in [6, 6.07) is 10.3. The van der Waals surface area contributed by atoms with Crippen molar-refractivity contribution >= 4 is 0 Å². The number of nitrogens with zero attached hydrogens (tertiary/aromatic N) is 3. The van der Waals surface area contributed by atoms with E-state index in [0.29, 0.717) is 13.2 Å². The molecule has 1 fully saturated rings. The number of rotatable bonds is 9. The minimum atomic E-state index is -0.450. The van der Waals surface area contributed by atoms with Gasteiger partial charge in [-0.25, -0.2) is 0 Å². The van der Waals surface area contributed by atoms with Gasteiger partial charge in [-0.2, -0.15) is 0 Å². The standard InChI is InChI=1S/C24H35N3O2/c1-20-15-25-11-10-22(20)17-26(2)16-21-8-7-9-24(14-21)29-19-23(28)18-27-12-5-3-4-6-13-27/h7-11,14-15,23,28H,3-6,12-13,16-19H2,1-2H3/t23-/m1/s1. The van der Waals surface area contributed by atoms with E-state index < -0.39 is 6.10 Å². The maximum absolute atomic E-state index is 10.4. The number of pyridine rings is 1. The minimum Gasteiger partial charge on any atom is -0.491 e. The maximum atomic E-state index is 10.4. The van der Waals surface area contributed by atoms with E-state index in [1.54, 1.807) is 0 Å². The van der Waals surface area contributed by atoms with Crippen LogP contribution in [0.4, 0.5) is 0 Å². The SMILES string of the molecule is Cc1cnccc1CN(C)Cc1cccc(OC[C@H](O)CN2CCCCCC2)c1. The number of aryl methyl sites for hydroxylation is 1. The van der Waals surface area contributed by atoms with E-state index in [9.17, 15) is 5.11 Å². The molecule has 0 saturated carbocycles. The van der Waals surface area contributed by atoms with Gasteiger partial charge < -0.3 is 14.7 Å². The molecule has 1 aromatic heterocycles. The van der Waals surface area contributed by atoms with Crippen molar-refractivity contribution in [3.05, 3.63) is 59.4 Å². The van der Waals surface area contributed by atoms with Crippen LogP contribution in [0.1, 0.15) is 42.4 Å². The summed E-state index contributed by atoms with van der Waals surface area (Å²) in [5.74, 6) is 0.825. The van der Waals surface area contributed by atoms with Gasteiger partial charge in [-0.15, -0.1) is 0 Å². The summed E-state index contributed by atoms with van der Waals surface area (Å²) in [5, 5.41) is 10.4. The number of aliphatic hydroxyl groups is 1. The number of aromatic nitrogens is 1. The first-order chi connectivity index (χ1) is 14.1. The first-order valence-electron chi connectivity index (χ1n) is 10.8. The first kappa shape index (κ1) is 21.8. The van der Waals surface area contributed by atoms with Crippen molar-refractivity contribution in [1.29, 1.82) is 0 Å². The van der Waals surface area contributed by atoms with E-state index in [0.717, 1.165) is 31.9 Å². The lowest BCUT2D eigenvalue weighted by molar-refractivity contribution is 0.0693. The van der Waals surface area contributed by atoms with Crippen LogP contribution < -0.4 is 4.74 Å². The van der Waals surface area contributed by atoms with Gasteiger partial charge in [-0.1, -0.05) is 25.0 Å². The van der Waals surface area contributed by atoms with E-state index >= 15 is 0 Å². The zero-order valence-electron chi connectivity index (χ0n) is 17.9. The van der Waals surface area contributed by atoms with Crippen molar-refractivity contribution in [3.8, 4) is 5.75 Å². The summed E-state index contributed by atoms with van der Waals surface area (Å²) in [6.45, 7) is 7.05. The van der Waals surface area contributed by atoms with Gasteiger partial charge in [0.1, 0.15) is 18.5 Å². The second kappa shape index (κ2) is 11.3. The van der Waals surface area contributed by atoms with Gasteiger partial charge in [0.2, 0.25) is 0 Å². The van der Waals surface area contributed by atoms with Gasteiger partial charge in [0.25, 0.3) is 0 Å². The van der Waals surface area contributed by atoms with Crippen LogP contribution in [0.25, 0.3) is 0 Å². The molecule has 0 aliphatic carbocycles. The highest BCUT2D eigenvalue weighted by atomic mass is 16.5. The third-order valence-electron chi connectivity index (χ3n) is 5.54. The van der Waals surface area contributed by atoms with Crippen molar-refractivity contribution in [2.24, 2.45) is 0 Å². The summed E-state index contributed by atoms with van der Waals surface area (Å²) in [4.78, 5) is 8.82. The Morgan fingerprint density at radius 2 is 1.93 bits per heavy atom. The average molecular weight is 398 g/mol. The molecule has 5 heteroatoms. The van der Waals surface area contributed by atoms with Crippen molar-refractivity contribution in [2.45, 2.75) is 51.8 Å². The van der Waals surface area contributed by atoms with Gasteiger partial charge in [-0.3, -0.25) is 9.88 Å². The fraction of sp³-hybridized carbons (Fsp3) is 0.542. The molecular weight excluding hydrogens is 362 g/mol. The normalized spacial score (nSPS) is 16.6. The lowest BCUT2D eigenvalue weighted by atomic mass is 10.1. The molecule has 1 atom stereocenters. The summed E-state index contributed by atoms with van der Waals surface area (Å²) < 4.78 is 5.90. The Morgan fingerprint density at radius 1 is 1.14 bits per heavy atom. The zero-order chi connectivity index (χ0) is 20.5. The Labute approximate surface area is 175 Å². The van der Waals surface area contributed by atoms with Gasteiger partial charge in [0, 0.05) is 32.0 Å². The molecule has 158 valence electrons. The fourth-order valence-electron chi connectivity index (χ4n) is 3.93. The molecule has 1 aliphatic heterocycles. The Morgan fingerprint density at radius 3 is 2.69 bits per heavy atom. The van der Waals surface area contributed by atoms with Gasteiger partial charge in [0.05, 0.1) is 0 Å². The number of β-amino-alcohol motifs (C(OH)–C–C–N with tert-alkyl or cyclic N) is 1. The minimum absolute atomic E-state index is 0.339. The lowest BCUT2D eigenvalue weighted by Gasteiger charge is -2.23. The van der Waals surface area contributed by atoms with Crippen LogP contribution in [-0.2, 0) is 13.1 Å². The molecule has 1 saturated heterocycles. The van der Waals surface area contributed by atoms with Crippen LogP contribution in [0.2, 0.25) is 0 Å². The topological polar surface area (TPSA) is 48.8 Å². The van der Waals surface area contributed by atoms with Crippen LogP contribution in [-0.4, -0.2) is 59.3 Å². The third-order valence-corrected chi connectivity index (χ3v) is 5.54. The molecule has 5 nitrogen and oxygen atoms in total. The molecule has 1 N–H and O–H groups in total. The third kappa shape index (κ3) is 7.42. The molecule has 2 heterocycles. The summed E-state index contributed by atoms with van der Waals surface area (Å²) in [7, 11) is 2.12. The molecule has 1 aromatic carbocycles. The van der Waals surface area contributed by atoms with E-state index in [2.05, 4.69) is 47.0 Å². The molecule has 3 rings (SSSR count). The number of hydrogen-bond acceptors (Lipinski definition) is 5. The Kier molecular flexibility index (Phi) is 8.47. The summed E-state index contributed by atoms with van der Waals surface area (Å²) in [6.07, 6.45) is 8.41. The molecular formula is C24H35N3O2. The van der Waals surface area contributed by atoms with Crippen LogP contribution in [0.5, 0.6) is 5.75 Å². The van der Waals surface area contributed by atoms with Crippen molar-refractivity contribution in [1.82, 2.24) is 14.8 Å². The predicted molar refractivity (Wildman–Crippen MR) is 117 cm³/mol. The maximum Gasteiger partial charge on any atom is 0.119 e. The highest BCUT2D eigenvalue weighted by molar-refractivity contribution is 5.29. The molecule has 0 radical (unpaired) electrons. The smallest absolute Gasteiger partial charge is 0.119 e. The number of hydrogen-bond donors (Lipinski definition) is 1. The van der Waals surface area contributed by atoms with Crippen LogP contribution in [0.3, 0.4) is 0 Å². The van der Waals surface area contributed by atoms with E-state index in [1.807, 2.05) is 24.5 Å². The molecule has 0 bridgehead atoms. The van der Waals surface area contributed by atoms with E-state index in [4.69, 9.17) is 4.74 Å². The van der Waals surface area contributed by atoms with Crippen molar-refractivity contribution in [2.75, 3.05) is 33.3 Å². The molecule has 0 amide bonds. The second-order valence-electron chi connectivity index (χ2n) is 8.30. The molecule has 29 heavy (non-hydrogen) atoms. The lowest BCUT2D eigenvalue weighted by Crippen LogP contribution is -2.36. The Balaban J connectivity index is 1.46. The number of benzene rings is 1. The highest BCUT2D eigenvalue weighted by Crippen LogP contribution is 2.17. The molecule has 1 aliphatic rings. The number of ether oxygens (including phenoxy) is 1. The Hall–Kier alpha value is -1.95. The molecule has 0 spiro atoms. The van der Waals surface area contributed by atoms with E-state index in [1.165, 1.54) is 42.4 Å². The number of aliphatic hydroxyl groups excluding tert-OH is 1. The zero-order valence-corrected chi connectivity index (χ0v) is 17.9. The van der Waals surface area contributed by atoms with Crippen LogP contribution in [0, 0.1) is 6.92 Å². The number of likely N-dealkylation sites (tertiary alicyclic amines) is 1. The predicted octanol–water partition coefficient (Wildman–Crippen LogP) is 3.64. The van der Waals surface area contributed by atoms with Crippen LogP contribution in [0.15, 0.2) is 42.7 Å². The summed E-state index contributed by atoms with van der Waals surface area (Å²) >= 11 is 0. The quantitative estimate of drug-likeness (QED) is 0.700. The first-order valence-corrected chi connectivity index (χ1v) is 10.8. The largest absolute Gasteiger partial charge is 0.491 e. The van der Waals surface area contributed by atoms with Crippen molar-refractivity contribution in [3.63, 3.8) is 0 Å². The monoisotopic (exact) mass is 397 g/mol. The summed E-state index contributed by atoms with van der Waals surface area (Å²) in [5.41, 5.74) is 3.72. The van der Waals surface area contributed by atoms with Gasteiger partial charge in [-0.05, 0) is 74.8 Å². The van der Waals surface area contributed by atoms with Gasteiger partial charge >= 0.3 is 0 Å². The van der Waals surface area contributed by atoms with Crippen LogP contribution >= 0.6 is 0 Å². The van der Waals surface area contributed by atoms with Crippen molar-refractivity contribution < 1.29 is 9.84 Å². The molecule has 0 unspecified atom stereocenters. The Bertz CT molecular complexity index is 744. The van der Waals surface area contributed by atoms with Gasteiger partial charge in [0.15, 0.2) is 0 Å². The second-order valence-corrected chi connectivity index (χ2v) is 8.30. The van der Waals surface area contributed by atoms with E-state index in [-0.39, 0.29) is 0 Å². The molecule has 2 aromatic rings. The highest BCUT2D eigenvalue weighted by Gasteiger charge is 2.14. The average Bonchev–Trinajstić information content (AvgIpc) is 2.97.